The highest BCUT2D eigenvalue weighted by Crippen LogP contribution is 2.34. The number of oxazole rings is 1. The van der Waals surface area contributed by atoms with Gasteiger partial charge in [0.05, 0.1) is 4.88 Å². The molecule has 0 saturated heterocycles. The lowest BCUT2D eigenvalue weighted by molar-refractivity contribution is -0.126. The Morgan fingerprint density at radius 3 is 2.78 bits per heavy atom. The van der Waals surface area contributed by atoms with Crippen molar-refractivity contribution in [3.63, 3.8) is 0 Å². The molecule has 0 spiro atoms. The molecule has 3 aromatic rings. The summed E-state index contributed by atoms with van der Waals surface area (Å²) in [5.41, 5.74) is 5.66. The Balaban J connectivity index is 1.89. The summed E-state index contributed by atoms with van der Waals surface area (Å²) >= 11 is 1.66. The summed E-state index contributed by atoms with van der Waals surface area (Å²) in [5, 5.41) is 0. The van der Waals surface area contributed by atoms with Gasteiger partial charge in [-0.3, -0.25) is 10.2 Å². The van der Waals surface area contributed by atoms with Crippen LogP contribution in [0.3, 0.4) is 0 Å². The average molecular weight is 384 g/mol. The van der Waals surface area contributed by atoms with E-state index in [2.05, 4.69) is 36.9 Å². The number of hydrogen-bond acceptors (Lipinski definition) is 5. The van der Waals surface area contributed by atoms with Crippen molar-refractivity contribution in [1.29, 1.82) is 0 Å². The third-order valence-corrected chi connectivity index (χ3v) is 5.93. The second-order valence-corrected chi connectivity index (χ2v) is 8.12. The maximum Gasteiger partial charge on any atom is 0.237 e. The number of carbonyl (C=O) groups is 1. The maximum absolute atomic E-state index is 12.1. The van der Waals surface area contributed by atoms with Gasteiger partial charge in [0, 0.05) is 10.8 Å². The molecule has 1 amide bonds. The Kier molecular flexibility index (Phi) is 5.77. The van der Waals surface area contributed by atoms with Gasteiger partial charge < -0.3 is 4.42 Å². The average Bonchev–Trinajstić information content (AvgIpc) is 3.29. The van der Waals surface area contributed by atoms with Gasteiger partial charge in [0.25, 0.3) is 0 Å². The van der Waals surface area contributed by atoms with Crippen LogP contribution in [0.4, 0.5) is 0 Å². The molecule has 0 aliphatic carbocycles. The Labute approximate surface area is 163 Å². The van der Waals surface area contributed by atoms with E-state index in [-0.39, 0.29) is 17.7 Å². The number of allylic oxidation sites excluding steroid dienone is 1. The number of rotatable bonds is 7. The first-order chi connectivity index (χ1) is 12.9. The summed E-state index contributed by atoms with van der Waals surface area (Å²) in [4.78, 5) is 19.0. The molecule has 3 N–H and O–H groups in total. The Bertz CT molecular complexity index is 973. The lowest BCUT2D eigenvalue weighted by Crippen LogP contribution is -2.38. The van der Waals surface area contributed by atoms with Crippen LogP contribution in [-0.2, 0) is 4.79 Å². The highest BCUT2D eigenvalue weighted by molar-refractivity contribution is 7.15. The predicted octanol–water partition coefficient (Wildman–Crippen LogP) is 4.92. The van der Waals surface area contributed by atoms with Crippen molar-refractivity contribution >= 4 is 33.9 Å². The van der Waals surface area contributed by atoms with Gasteiger partial charge in [-0.1, -0.05) is 32.9 Å². The molecule has 6 heteroatoms. The first-order valence-corrected chi connectivity index (χ1v) is 9.93. The minimum Gasteiger partial charge on any atom is -0.435 e. The van der Waals surface area contributed by atoms with E-state index in [1.54, 1.807) is 11.3 Å². The fourth-order valence-electron chi connectivity index (χ4n) is 3.31. The number of fused-ring (bicyclic) bond motifs is 1. The molecule has 2 atom stereocenters. The van der Waals surface area contributed by atoms with Crippen LogP contribution in [0.2, 0.25) is 0 Å². The smallest absolute Gasteiger partial charge is 0.237 e. The van der Waals surface area contributed by atoms with Gasteiger partial charge in [-0.05, 0) is 54.7 Å². The van der Waals surface area contributed by atoms with Gasteiger partial charge in [0.2, 0.25) is 11.8 Å². The number of hydrazine groups is 1. The minimum absolute atomic E-state index is 0.0340. The summed E-state index contributed by atoms with van der Waals surface area (Å²) in [6.07, 6.45) is 1.66. The minimum atomic E-state index is -0.206. The number of aryl methyl sites for hydroxylation is 1. The van der Waals surface area contributed by atoms with E-state index in [1.807, 2.05) is 31.2 Å². The van der Waals surface area contributed by atoms with E-state index in [9.17, 15) is 4.79 Å². The molecule has 0 aliphatic rings. The van der Waals surface area contributed by atoms with Crippen molar-refractivity contribution in [2.75, 3.05) is 0 Å². The molecule has 0 saturated carbocycles. The normalized spacial score (nSPS) is 13.5. The van der Waals surface area contributed by atoms with Crippen LogP contribution in [0.25, 0.3) is 27.4 Å². The molecule has 142 valence electrons. The van der Waals surface area contributed by atoms with Crippen molar-refractivity contribution in [2.24, 2.45) is 17.7 Å². The highest BCUT2D eigenvalue weighted by atomic mass is 32.1. The van der Waals surface area contributed by atoms with Gasteiger partial charge >= 0.3 is 0 Å². The van der Waals surface area contributed by atoms with Gasteiger partial charge in [0.15, 0.2) is 5.58 Å². The van der Waals surface area contributed by atoms with Crippen LogP contribution in [0.15, 0.2) is 41.3 Å². The highest BCUT2D eigenvalue weighted by Gasteiger charge is 2.26. The SMILES string of the molecule is C=C(c1ccc2nc(-c3ccc(C)s3)oc2c1)[C@H](C)[C@@H](CCC)C(=O)NN. The lowest BCUT2D eigenvalue weighted by Gasteiger charge is -2.24. The summed E-state index contributed by atoms with van der Waals surface area (Å²) in [6, 6.07) is 9.95. The van der Waals surface area contributed by atoms with Crippen molar-refractivity contribution in [1.82, 2.24) is 10.4 Å². The molecule has 3 rings (SSSR count). The largest absolute Gasteiger partial charge is 0.435 e. The predicted molar refractivity (Wildman–Crippen MR) is 111 cm³/mol. The van der Waals surface area contributed by atoms with Gasteiger partial charge in [0.1, 0.15) is 5.52 Å². The fourth-order valence-corrected chi connectivity index (χ4v) is 4.10. The van der Waals surface area contributed by atoms with Crippen LogP contribution >= 0.6 is 11.3 Å². The number of amides is 1. The van der Waals surface area contributed by atoms with Crippen molar-refractivity contribution in [3.8, 4) is 10.8 Å². The zero-order chi connectivity index (χ0) is 19.6. The topological polar surface area (TPSA) is 81.2 Å². The van der Waals surface area contributed by atoms with Crippen LogP contribution in [-0.4, -0.2) is 10.9 Å². The molecule has 0 bridgehead atoms. The first-order valence-electron chi connectivity index (χ1n) is 9.11. The monoisotopic (exact) mass is 383 g/mol. The standard InChI is InChI=1S/C21H25N3O2S/c1-5-6-16(20(25)24-22)14(4)13(3)15-8-9-17-18(11-15)26-21(23-17)19-10-7-12(2)27-19/h7-11,14,16H,3,5-6,22H2,1-2,4H3,(H,24,25)/t14-,16+/m0/s1. The Hall–Kier alpha value is -2.44. The number of benzene rings is 1. The zero-order valence-corrected chi connectivity index (χ0v) is 16.7. The second kappa shape index (κ2) is 8.06. The van der Waals surface area contributed by atoms with E-state index in [1.165, 1.54) is 4.88 Å². The Morgan fingerprint density at radius 1 is 1.37 bits per heavy atom. The number of nitrogens with one attached hydrogen (secondary N) is 1. The lowest BCUT2D eigenvalue weighted by atomic mass is 9.81. The van der Waals surface area contributed by atoms with Crippen molar-refractivity contribution < 1.29 is 9.21 Å². The summed E-state index contributed by atoms with van der Waals surface area (Å²) in [6.45, 7) is 10.4. The molecular formula is C21H25N3O2S. The van der Waals surface area contributed by atoms with E-state index in [4.69, 9.17) is 10.3 Å². The van der Waals surface area contributed by atoms with Crippen LogP contribution < -0.4 is 11.3 Å². The Morgan fingerprint density at radius 2 is 2.15 bits per heavy atom. The van der Waals surface area contributed by atoms with Crippen molar-refractivity contribution in [3.05, 3.63) is 47.4 Å². The molecular weight excluding hydrogens is 358 g/mol. The number of aromatic nitrogens is 1. The van der Waals surface area contributed by atoms with E-state index in [0.29, 0.717) is 5.89 Å². The molecule has 0 unspecified atom stereocenters. The maximum atomic E-state index is 12.1. The number of carbonyl (C=O) groups excluding carboxylic acids is 1. The molecule has 0 fully saturated rings. The van der Waals surface area contributed by atoms with Crippen LogP contribution in [0.1, 0.15) is 37.1 Å². The van der Waals surface area contributed by atoms with Gasteiger partial charge in [-0.25, -0.2) is 10.8 Å². The second-order valence-electron chi connectivity index (χ2n) is 6.83. The van der Waals surface area contributed by atoms with Crippen LogP contribution in [0, 0.1) is 18.8 Å². The van der Waals surface area contributed by atoms with E-state index >= 15 is 0 Å². The molecule has 5 nitrogen and oxygen atoms in total. The molecule has 2 aromatic heterocycles. The third kappa shape index (κ3) is 3.96. The summed E-state index contributed by atoms with van der Waals surface area (Å²) in [7, 11) is 0. The number of hydrogen-bond donors (Lipinski definition) is 2. The quantitative estimate of drug-likeness (QED) is 0.345. The zero-order valence-electron chi connectivity index (χ0n) is 15.9. The number of thiophene rings is 1. The van der Waals surface area contributed by atoms with Crippen molar-refractivity contribution in [2.45, 2.75) is 33.6 Å². The summed E-state index contributed by atoms with van der Waals surface area (Å²) in [5.74, 6) is 5.60. The van der Waals surface area contributed by atoms with E-state index < -0.39 is 0 Å². The molecule has 27 heavy (non-hydrogen) atoms. The summed E-state index contributed by atoms with van der Waals surface area (Å²) < 4.78 is 5.97. The third-order valence-electron chi connectivity index (χ3n) is 4.94. The van der Waals surface area contributed by atoms with Gasteiger partial charge in [-0.15, -0.1) is 11.3 Å². The number of nitrogens with two attached hydrogens (primary N) is 1. The number of nitrogens with zero attached hydrogens (tertiary/aromatic N) is 1. The molecule has 2 heterocycles. The van der Waals surface area contributed by atoms with Gasteiger partial charge in [-0.2, -0.15) is 0 Å². The molecule has 0 radical (unpaired) electrons. The van der Waals surface area contributed by atoms with E-state index in [0.717, 1.165) is 40.0 Å². The van der Waals surface area contributed by atoms with Crippen LogP contribution in [0.5, 0.6) is 0 Å². The first kappa shape index (κ1) is 19.3. The molecule has 1 aromatic carbocycles. The molecule has 0 aliphatic heterocycles. The fraction of sp³-hybridized carbons (Fsp3) is 0.333.